The molecule has 0 aliphatic carbocycles. The van der Waals surface area contributed by atoms with Gasteiger partial charge < -0.3 is 4.90 Å². The third-order valence-corrected chi connectivity index (χ3v) is 5.69. The Morgan fingerprint density at radius 3 is 3.05 bits per heavy atom. The number of nitrogens with zero attached hydrogens (tertiary/aromatic N) is 2. The predicted octanol–water partition coefficient (Wildman–Crippen LogP) is 1.43. The summed E-state index contributed by atoms with van der Waals surface area (Å²) in [5.41, 5.74) is 2.25. The second-order valence-corrected chi connectivity index (χ2v) is 7.99. The number of sulfone groups is 1. The maximum atomic E-state index is 11.5. The van der Waals surface area contributed by atoms with E-state index in [4.69, 9.17) is 0 Å². The molecule has 0 saturated carbocycles. The van der Waals surface area contributed by atoms with Crippen LogP contribution in [-0.4, -0.2) is 48.6 Å². The van der Waals surface area contributed by atoms with E-state index in [0.29, 0.717) is 11.5 Å². The highest BCUT2D eigenvalue weighted by atomic mass is 32.2. The quantitative estimate of drug-likeness (QED) is 0.926. The van der Waals surface area contributed by atoms with Crippen molar-refractivity contribution in [2.75, 3.05) is 25.1 Å². The van der Waals surface area contributed by atoms with Gasteiger partial charge in [-0.15, -0.1) is 0 Å². The van der Waals surface area contributed by atoms with Crippen molar-refractivity contribution in [1.82, 2.24) is 15.1 Å². The molecule has 1 N–H and O–H groups in total. The van der Waals surface area contributed by atoms with Gasteiger partial charge in [0.2, 0.25) is 0 Å². The van der Waals surface area contributed by atoms with Crippen LogP contribution in [0.2, 0.25) is 0 Å². The van der Waals surface area contributed by atoms with Gasteiger partial charge in [-0.05, 0) is 31.0 Å². The van der Waals surface area contributed by atoms with E-state index in [1.54, 1.807) is 0 Å². The van der Waals surface area contributed by atoms with Crippen LogP contribution >= 0.6 is 0 Å². The lowest BCUT2D eigenvalue weighted by atomic mass is 10.1. The largest absolute Gasteiger partial charge is 0.302 e. The minimum absolute atomic E-state index is 0.279. The molecule has 3 rings (SSSR count). The van der Waals surface area contributed by atoms with Gasteiger partial charge >= 0.3 is 0 Å². The van der Waals surface area contributed by atoms with Crippen molar-refractivity contribution >= 4 is 20.7 Å². The van der Waals surface area contributed by atoms with Crippen LogP contribution in [0.1, 0.15) is 12.0 Å². The number of fused-ring (bicyclic) bond motifs is 1. The van der Waals surface area contributed by atoms with Crippen LogP contribution in [0.4, 0.5) is 0 Å². The number of hydrogen-bond acceptors (Lipinski definition) is 4. The molecule has 108 valence electrons. The van der Waals surface area contributed by atoms with Crippen LogP contribution in [-0.2, 0) is 16.4 Å². The zero-order valence-electron chi connectivity index (χ0n) is 11.5. The zero-order chi connectivity index (χ0) is 14.2. The number of aromatic amines is 1. The summed E-state index contributed by atoms with van der Waals surface area (Å²) >= 11 is 0. The topological polar surface area (TPSA) is 66.1 Å². The SMILES string of the molecule is CN(Cc1ccc2cn[nH]c2c1)CC1CCS(=O)(=O)C1. The Balaban J connectivity index is 1.62. The maximum Gasteiger partial charge on any atom is 0.150 e. The molecule has 0 bridgehead atoms. The fourth-order valence-electron chi connectivity index (χ4n) is 2.92. The summed E-state index contributed by atoms with van der Waals surface area (Å²) in [4.78, 5) is 2.20. The van der Waals surface area contributed by atoms with Crippen LogP contribution < -0.4 is 0 Å². The van der Waals surface area contributed by atoms with Crippen molar-refractivity contribution in [2.45, 2.75) is 13.0 Å². The Morgan fingerprint density at radius 1 is 1.45 bits per heavy atom. The van der Waals surface area contributed by atoms with Gasteiger partial charge in [0.1, 0.15) is 0 Å². The first-order chi connectivity index (χ1) is 9.52. The van der Waals surface area contributed by atoms with Crippen LogP contribution in [0.3, 0.4) is 0 Å². The van der Waals surface area contributed by atoms with Crippen molar-refractivity contribution in [2.24, 2.45) is 5.92 Å². The standard InChI is InChI=1S/C14H19N3O2S/c1-17(9-12-4-5-20(18,19)10-12)8-11-2-3-13-7-15-16-14(13)6-11/h2-3,6-7,12H,4-5,8-10H2,1H3,(H,15,16). The maximum absolute atomic E-state index is 11.5. The fourth-order valence-corrected chi connectivity index (χ4v) is 4.76. The van der Waals surface area contributed by atoms with Crippen molar-refractivity contribution in [3.63, 3.8) is 0 Å². The molecule has 0 spiro atoms. The monoisotopic (exact) mass is 293 g/mol. The average molecular weight is 293 g/mol. The molecule has 0 radical (unpaired) electrons. The lowest BCUT2D eigenvalue weighted by Crippen LogP contribution is -2.26. The molecule has 1 fully saturated rings. The highest BCUT2D eigenvalue weighted by Gasteiger charge is 2.28. The number of nitrogens with one attached hydrogen (secondary N) is 1. The molecule has 1 aliphatic rings. The van der Waals surface area contributed by atoms with Gasteiger partial charge in [0.25, 0.3) is 0 Å². The molecule has 1 saturated heterocycles. The molecule has 1 aromatic carbocycles. The van der Waals surface area contributed by atoms with Gasteiger partial charge in [-0.3, -0.25) is 5.10 Å². The molecule has 1 aliphatic heterocycles. The third kappa shape index (κ3) is 3.02. The average Bonchev–Trinajstić information content (AvgIpc) is 2.95. The van der Waals surface area contributed by atoms with E-state index in [1.165, 1.54) is 5.56 Å². The zero-order valence-corrected chi connectivity index (χ0v) is 12.4. The Labute approximate surface area is 118 Å². The molecule has 20 heavy (non-hydrogen) atoms. The Hall–Kier alpha value is -1.40. The van der Waals surface area contributed by atoms with Crippen LogP contribution in [0.25, 0.3) is 10.9 Å². The molecule has 1 atom stereocenters. The fraction of sp³-hybridized carbons (Fsp3) is 0.500. The first kappa shape index (κ1) is 13.6. The smallest absolute Gasteiger partial charge is 0.150 e. The predicted molar refractivity (Wildman–Crippen MR) is 79.2 cm³/mol. The lowest BCUT2D eigenvalue weighted by molar-refractivity contribution is 0.281. The summed E-state index contributed by atoms with van der Waals surface area (Å²) in [6.07, 6.45) is 2.61. The van der Waals surface area contributed by atoms with Crippen LogP contribution in [0, 0.1) is 5.92 Å². The molecule has 2 heterocycles. The number of rotatable bonds is 4. The van der Waals surface area contributed by atoms with E-state index in [0.717, 1.165) is 30.4 Å². The Morgan fingerprint density at radius 2 is 2.30 bits per heavy atom. The van der Waals surface area contributed by atoms with Gasteiger partial charge in [-0.25, -0.2) is 8.42 Å². The molecular weight excluding hydrogens is 274 g/mol. The second kappa shape index (κ2) is 5.18. The molecule has 5 nitrogen and oxygen atoms in total. The molecular formula is C14H19N3O2S. The van der Waals surface area contributed by atoms with Crippen LogP contribution in [0.15, 0.2) is 24.4 Å². The summed E-state index contributed by atoms with van der Waals surface area (Å²) in [7, 11) is -0.731. The Kier molecular flexibility index (Phi) is 3.52. The molecule has 1 unspecified atom stereocenters. The van der Waals surface area contributed by atoms with Gasteiger partial charge in [0.05, 0.1) is 23.2 Å². The molecule has 2 aromatic rings. The van der Waals surface area contributed by atoms with Gasteiger partial charge in [0.15, 0.2) is 9.84 Å². The van der Waals surface area contributed by atoms with Crippen molar-refractivity contribution in [1.29, 1.82) is 0 Å². The normalized spacial score (nSPS) is 21.8. The third-order valence-electron chi connectivity index (χ3n) is 3.86. The number of benzene rings is 1. The molecule has 0 amide bonds. The van der Waals surface area contributed by atoms with Gasteiger partial charge in [-0.2, -0.15) is 5.10 Å². The van der Waals surface area contributed by atoms with E-state index in [9.17, 15) is 8.42 Å². The van der Waals surface area contributed by atoms with E-state index >= 15 is 0 Å². The summed E-state index contributed by atoms with van der Waals surface area (Å²) < 4.78 is 22.9. The number of H-pyrrole nitrogens is 1. The van der Waals surface area contributed by atoms with Crippen LogP contribution in [0.5, 0.6) is 0 Å². The Bertz CT molecular complexity index is 708. The summed E-state index contributed by atoms with van der Waals surface area (Å²) in [5.74, 6) is 0.976. The second-order valence-electron chi connectivity index (χ2n) is 5.76. The first-order valence-corrected chi connectivity index (χ1v) is 8.65. The summed E-state index contributed by atoms with van der Waals surface area (Å²) in [6.45, 7) is 1.66. The molecule has 6 heteroatoms. The minimum Gasteiger partial charge on any atom is -0.302 e. The number of aromatic nitrogens is 2. The highest BCUT2D eigenvalue weighted by Crippen LogP contribution is 2.20. The van der Waals surface area contributed by atoms with Crippen molar-refractivity contribution in [3.05, 3.63) is 30.0 Å². The van der Waals surface area contributed by atoms with Crippen molar-refractivity contribution < 1.29 is 8.42 Å². The molecule has 1 aromatic heterocycles. The summed E-state index contributed by atoms with van der Waals surface area (Å²) in [5, 5.41) is 8.09. The summed E-state index contributed by atoms with van der Waals surface area (Å²) in [6, 6.07) is 6.26. The van der Waals surface area contributed by atoms with E-state index in [1.807, 2.05) is 13.2 Å². The number of hydrogen-bond donors (Lipinski definition) is 1. The van der Waals surface area contributed by atoms with Gasteiger partial charge in [0, 0.05) is 18.5 Å². The van der Waals surface area contributed by atoms with E-state index in [2.05, 4.69) is 33.3 Å². The van der Waals surface area contributed by atoms with E-state index in [-0.39, 0.29) is 5.92 Å². The van der Waals surface area contributed by atoms with Gasteiger partial charge in [-0.1, -0.05) is 12.1 Å². The van der Waals surface area contributed by atoms with E-state index < -0.39 is 9.84 Å². The minimum atomic E-state index is -2.78. The first-order valence-electron chi connectivity index (χ1n) is 6.83. The van der Waals surface area contributed by atoms with Crippen molar-refractivity contribution in [3.8, 4) is 0 Å². The lowest BCUT2D eigenvalue weighted by Gasteiger charge is -2.20. The highest BCUT2D eigenvalue weighted by molar-refractivity contribution is 7.91.